The Kier molecular flexibility index (Phi) is 5.51. The summed E-state index contributed by atoms with van der Waals surface area (Å²) in [4.78, 5) is 1.03. The van der Waals surface area contributed by atoms with E-state index in [2.05, 4.69) is 5.16 Å². The zero-order valence-electron chi connectivity index (χ0n) is 11.8. The van der Waals surface area contributed by atoms with Gasteiger partial charge in [0.1, 0.15) is 11.6 Å². The molecule has 0 aromatic heterocycles. The number of rotatable bonds is 6. The average Bonchev–Trinajstić information content (AvgIpc) is 2.55. The van der Waals surface area contributed by atoms with E-state index in [1.807, 2.05) is 54.6 Å². The molecule has 0 aliphatic rings. The molecule has 0 radical (unpaired) electrons. The predicted molar refractivity (Wildman–Crippen MR) is 86.1 cm³/mol. The third-order valence-electron chi connectivity index (χ3n) is 3.03. The highest BCUT2D eigenvalue weighted by Crippen LogP contribution is 2.41. The quantitative estimate of drug-likeness (QED) is 0.281. The highest BCUT2D eigenvalue weighted by atomic mass is 32.2. The molecule has 0 aliphatic heterocycles. The first kappa shape index (κ1) is 15.3. The molecule has 0 saturated heterocycles. The Morgan fingerprint density at radius 1 is 1.19 bits per heavy atom. The first-order valence-electron chi connectivity index (χ1n) is 6.55. The van der Waals surface area contributed by atoms with E-state index >= 15 is 0 Å². The van der Waals surface area contributed by atoms with Gasteiger partial charge in [0, 0.05) is 16.6 Å². The third-order valence-corrected chi connectivity index (χ3v) is 4.35. The first-order valence-corrected chi connectivity index (χ1v) is 7.43. The summed E-state index contributed by atoms with van der Waals surface area (Å²) in [7, 11) is 1.65. The molecule has 110 valence electrons. The molecule has 1 unspecified atom stereocenters. The van der Waals surface area contributed by atoms with Crippen molar-refractivity contribution in [1.82, 2.24) is 0 Å². The second-order valence-electron chi connectivity index (χ2n) is 4.46. The molecule has 21 heavy (non-hydrogen) atoms. The summed E-state index contributed by atoms with van der Waals surface area (Å²) >= 11 is 1.64. The Morgan fingerprint density at radius 2 is 1.86 bits per heavy atom. The van der Waals surface area contributed by atoms with Crippen molar-refractivity contribution in [2.45, 2.75) is 16.6 Å². The number of nitrogens with zero attached hydrogens (tertiary/aromatic N) is 1. The Hall–Kier alpha value is -2.14. The van der Waals surface area contributed by atoms with Crippen molar-refractivity contribution in [3.63, 3.8) is 0 Å². The van der Waals surface area contributed by atoms with E-state index in [1.165, 1.54) is 0 Å². The predicted octanol–water partition coefficient (Wildman–Crippen LogP) is 3.67. The van der Waals surface area contributed by atoms with Crippen molar-refractivity contribution in [3.05, 3.63) is 60.2 Å². The Morgan fingerprint density at radius 3 is 2.52 bits per heavy atom. The first-order chi connectivity index (χ1) is 10.2. The van der Waals surface area contributed by atoms with E-state index in [1.54, 1.807) is 18.9 Å². The number of para-hydroxylation sites is 1. The molecule has 1 atom stereocenters. The van der Waals surface area contributed by atoms with Crippen LogP contribution in [-0.2, 0) is 0 Å². The molecular formula is C16H18N2O2S. The van der Waals surface area contributed by atoms with Gasteiger partial charge in [-0.2, -0.15) is 0 Å². The second kappa shape index (κ2) is 7.59. The maximum atomic E-state index is 8.83. The van der Waals surface area contributed by atoms with Gasteiger partial charge in [0.15, 0.2) is 0 Å². The van der Waals surface area contributed by atoms with Gasteiger partial charge in [0.2, 0.25) is 0 Å². The molecule has 2 aromatic carbocycles. The van der Waals surface area contributed by atoms with Crippen molar-refractivity contribution in [2.75, 3.05) is 7.11 Å². The largest absolute Gasteiger partial charge is 0.496 e. The van der Waals surface area contributed by atoms with Crippen LogP contribution in [0.1, 0.15) is 17.2 Å². The van der Waals surface area contributed by atoms with Crippen LogP contribution in [0.2, 0.25) is 0 Å². The van der Waals surface area contributed by atoms with E-state index < -0.39 is 0 Å². The molecule has 0 bridgehead atoms. The monoisotopic (exact) mass is 302 g/mol. The average molecular weight is 302 g/mol. The molecule has 4 nitrogen and oxygen atoms in total. The van der Waals surface area contributed by atoms with Gasteiger partial charge in [-0.15, -0.1) is 11.8 Å². The van der Waals surface area contributed by atoms with Crippen LogP contribution in [0.4, 0.5) is 0 Å². The molecule has 3 N–H and O–H groups in total. The van der Waals surface area contributed by atoms with Gasteiger partial charge in [-0.3, -0.25) is 0 Å². The number of methoxy groups -OCH3 is 1. The van der Waals surface area contributed by atoms with Crippen molar-refractivity contribution in [2.24, 2.45) is 10.9 Å². The van der Waals surface area contributed by atoms with E-state index in [-0.39, 0.29) is 11.1 Å². The molecule has 5 heteroatoms. The van der Waals surface area contributed by atoms with Crippen LogP contribution in [0.25, 0.3) is 0 Å². The zero-order valence-corrected chi connectivity index (χ0v) is 12.6. The lowest BCUT2D eigenvalue weighted by molar-refractivity contribution is 0.317. The lowest BCUT2D eigenvalue weighted by atomic mass is 10.1. The number of benzene rings is 2. The normalized spacial score (nSPS) is 12.9. The van der Waals surface area contributed by atoms with Crippen molar-refractivity contribution >= 4 is 17.6 Å². The van der Waals surface area contributed by atoms with Crippen LogP contribution in [-0.4, -0.2) is 18.2 Å². The molecule has 0 aliphatic carbocycles. The topological polar surface area (TPSA) is 67.8 Å². The minimum atomic E-state index is 0.0541. The number of hydrogen-bond acceptors (Lipinski definition) is 4. The molecule has 0 fully saturated rings. The molecular weight excluding hydrogens is 284 g/mol. The van der Waals surface area contributed by atoms with Gasteiger partial charge in [0.25, 0.3) is 0 Å². The zero-order chi connectivity index (χ0) is 15.1. The minimum Gasteiger partial charge on any atom is -0.496 e. The summed E-state index contributed by atoms with van der Waals surface area (Å²) in [5, 5.41) is 12.0. The van der Waals surface area contributed by atoms with Crippen molar-refractivity contribution < 1.29 is 9.94 Å². The summed E-state index contributed by atoms with van der Waals surface area (Å²) in [5.74, 6) is 1.04. The van der Waals surface area contributed by atoms with Crippen LogP contribution in [0.5, 0.6) is 5.75 Å². The van der Waals surface area contributed by atoms with E-state index in [4.69, 9.17) is 15.7 Å². The Labute approximate surface area is 128 Å². The highest BCUT2D eigenvalue weighted by molar-refractivity contribution is 7.99. The lowest BCUT2D eigenvalue weighted by Gasteiger charge is -2.18. The summed E-state index contributed by atoms with van der Waals surface area (Å²) < 4.78 is 5.38. The van der Waals surface area contributed by atoms with Crippen LogP contribution < -0.4 is 10.5 Å². The third kappa shape index (κ3) is 4.16. The minimum absolute atomic E-state index is 0.0541. The number of hydrogen-bond donors (Lipinski definition) is 2. The number of thioether (sulfide) groups is 1. The van der Waals surface area contributed by atoms with Gasteiger partial charge >= 0.3 is 0 Å². The molecule has 0 heterocycles. The van der Waals surface area contributed by atoms with E-state index in [0.717, 1.165) is 16.2 Å². The van der Waals surface area contributed by atoms with Crippen LogP contribution in [0.15, 0.2) is 64.6 Å². The highest BCUT2D eigenvalue weighted by Gasteiger charge is 2.17. The summed E-state index contributed by atoms with van der Waals surface area (Å²) in [6.45, 7) is 0. The smallest absolute Gasteiger partial charge is 0.140 e. The fourth-order valence-electron chi connectivity index (χ4n) is 2.00. The second-order valence-corrected chi connectivity index (χ2v) is 5.71. The summed E-state index contributed by atoms with van der Waals surface area (Å²) in [5.41, 5.74) is 6.82. The molecule has 0 saturated carbocycles. The number of amidine groups is 1. The fraction of sp³-hybridized carbons (Fsp3) is 0.188. The van der Waals surface area contributed by atoms with Crippen LogP contribution >= 0.6 is 11.8 Å². The number of oxime groups is 1. The van der Waals surface area contributed by atoms with E-state index in [0.29, 0.717) is 6.42 Å². The Bertz CT molecular complexity index is 602. The maximum Gasteiger partial charge on any atom is 0.140 e. The number of ether oxygens (including phenoxy) is 1. The molecule has 2 rings (SSSR count). The van der Waals surface area contributed by atoms with Gasteiger partial charge in [0.05, 0.1) is 7.11 Å². The van der Waals surface area contributed by atoms with E-state index in [9.17, 15) is 0 Å². The summed E-state index contributed by atoms with van der Waals surface area (Å²) in [6.07, 6.45) is 0.462. The SMILES string of the molecule is COc1ccccc1SC(CC(N)=NO)c1ccccc1. The molecule has 0 amide bonds. The van der Waals surface area contributed by atoms with Gasteiger partial charge < -0.3 is 15.7 Å². The van der Waals surface area contributed by atoms with Crippen molar-refractivity contribution in [1.29, 1.82) is 0 Å². The van der Waals surface area contributed by atoms with Gasteiger partial charge in [-0.05, 0) is 17.7 Å². The Balaban J connectivity index is 2.28. The van der Waals surface area contributed by atoms with Crippen LogP contribution in [0, 0.1) is 0 Å². The van der Waals surface area contributed by atoms with Gasteiger partial charge in [-0.1, -0.05) is 47.6 Å². The van der Waals surface area contributed by atoms with Gasteiger partial charge in [-0.25, -0.2) is 0 Å². The summed E-state index contributed by atoms with van der Waals surface area (Å²) in [6, 6.07) is 17.8. The lowest BCUT2D eigenvalue weighted by Crippen LogP contribution is -2.14. The standard InChI is InChI=1S/C16H18N2O2S/c1-20-13-9-5-6-10-14(13)21-15(11-16(17)18-19)12-7-3-2-4-8-12/h2-10,15,19H,11H2,1H3,(H2,17,18). The molecule has 2 aromatic rings. The van der Waals surface area contributed by atoms with Crippen LogP contribution in [0.3, 0.4) is 0 Å². The molecule has 0 spiro atoms. The van der Waals surface area contributed by atoms with Crippen molar-refractivity contribution in [3.8, 4) is 5.75 Å². The maximum absolute atomic E-state index is 8.83. The number of nitrogens with two attached hydrogens (primary N) is 1. The fourth-order valence-corrected chi connectivity index (χ4v) is 3.27.